The molecule has 0 fully saturated rings. The second-order valence-electron chi connectivity index (χ2n) is 3.46. The van der Waals surface area contributed by atoms with Gasteiger partial charge in [0.25, 0.3) is 0 Å². The summed E-state index contributed by atoms with van der Waals surface area (Å²) in [5.74, 6) is 0. The molecule has 1 aliphatic carbocycles. The lowest BCUT2D eigenvalue weighted by Gasteiger charge is -2.22. The van der Waals surface area contributed by atoms with Crippen LogP contribution in [0.15, 0.2) is 72.5 Å². The summed E-state index contributed by atoms with van der Waals surface area (Å²) in [5, 5.41) is 0. The van der Waals surface area contributed by atoms with E-state index in [1.54, 1.807) is 0 Å². The number of rotatable bonds is 6. The van der Waals surface area contributed by atoms with Gasteiger partial charge in [-0.1, -0.05) is 30.5 Å². The van der Waals surface area contributed by atoms with E-state index in [0.717, 1.165) is 18.5 Å². The van der Waals surface area contributed by atoms with Gasteiger partial charge < -0.3 is 4.90 Å². The fourth-order valence-corrected chi connectivity index (χ4v) is 1.44. The topological polar surface area (TPSA) is 3.24 Å². The first-order chi connectivity index (χ1) is 7.79. The summed E-state index contributed by atoms with van der Waals surface area (Å²) in [4.78, 5) is 2.10. The molecule has 0 heterocycles. The maximum Gasteiger partial charge on any atom is 0.0922 e. The number of allylic oxidation sites excluding steroid dienone is 7. The minimum Gasteiger partial charge on any atom is -0.341 e. The van der Waals surface area contributed by atoms with Crippen LogP contribution in [0.4, 0.5) is 0 Å². The number of likely N-dealkylation sites (N-methyl/N-ethyl adjacent to an activating group) is 1. The van der Waals surface area contributed by atoms with Crippen molar-refractivity contribution in [3.63, 3.8) is 0 Å². The Hall–Kier alpha value is -1.94. The van der Waals surface area contributed by atoms with Crippen molar-refractivity contribution in [2.24, 2.45) is 0 Å². The van der Waals surface area contributed by atoms with Crippen LogP contribution in [0.25, 0.3) is 0 Å². The second-order valence-corrected chi connectivity index (χ2v) is 3.46. The van der Waals surface area contributed by atoms with Gasteiger partial charge in [0.1, 0.15) is 0 Å². The van der Waals surface area contributed by atoms with Crippen LogP contribution in [0.1, 0.15) is 12.8 Å². The van der Waals surface area contributed by atoms with Gasteiger partial charge in [-0.15, -0.1) is 6.58 Å². The molecule has 0 unspecified atom stereocenters. The Kier molecular flexibility index (Phi) is 4.95. The maximum atomic E-state index is 3.74. The van der Waals surface area contributed by atoms with Gasteiger partial charge in [-0.25, -0.2) is 0 Å². The summed E-state index contributed by atoms with van der Waals surface area (Å²) in [6, 6.07) is 0. The molecule has 0 N–H and O–H groups in total. The third-order valence-electron chi connectivity index (χ3n) is 2.34. The summed E-state index contributed by atoms with van der Waals surface area (Å²) in [7, 11) is 2.03. The molecule has 0 bridgehead atoms. The first kappa shape index (κ1) is 12.1. The molecule has 0 atom stereocenters. The Balaban J connectivity index is 2.87. The summed E-state index contributed by atoms with van der Waals surface area (Å²) in [6.07, 6.45) is 13.5. The van der Waals surface area contributed by atoms with E-state index < -0.39 is 0 Å². The van der Waals surface area contributed by atoms with Crippen molar-refractivity contribution in [1.29, 1.82) is 0 Å². The molecule has 0 aromatic heterocycles. The predicted octanol–water partition coefficient (Wildman–Crippen LogP) is 3.72. The highest BCUT2D eigenvalue weighted by molar-refractivity contribution is 5.28. The SMILES string of the molecule is C=C/C=C(\CCC=C)N(C)C1=C=C=CC=C1. The quantitative estimate of drug-likeness (QED) is 0.368. The number of nitrogens with zero attached hydrogens (tertiary/aromatic N) is 1. The molecular weight excluding hydrogens is 194 g/mol. The van der Waals surface area contributed by atoms with Gasteiger partial charge in [-0.05, 0) is 36.8 Å². The third kappa shape index (κ3) is 3.33. The molecule has 0 amide bonds. The van der Waals surface area contributed by atoms with Crippen molar-refractivity contribution in [3.8, 4) is 0 Å². The van der Waals surface area contributed by atoms with E-state index in [1.165, 1.54) is 5.70 Å². The van der Waals surface area contributed by atoms with Gasteiger partial charge in [-0.2, -0.15) is 0 Å². The van der Waals surface area contributed by atoms with Crippen molar-refractivity contribution in [2.75, 3.05) is 7.05 Å². The van der Waals surface area contributed by atoms with Crippen LogP contribution < -0.4 is 0 Å². The van der Waals surface area contributed by atoms with Gasteiger partial charge in [0.05, 0.1) is 5.70 Å². The average Bonchev–Trinajstić information content (AvgIpc) is 2.35. The van der Waals surface area contributed by atoms with E-state index >= 15 is 0 Å². The van der Waals surface area contributed by atoms with Crippen molar-refractivity contribution in [1.82, 2.24) is 4.90 Å². The van der Waals surface area contributed by atoms with E-state index in [0.29, 0.717) is 0 Å². The molecule has 0 aromatic carbocycles. The highest BCUT2D eigenvalue weighted by Crippen LogP contribution is 2.17. The van der Waals surface area contributed by atoms with Gasteiger partial charge in [-0.3, -0.25) is 0 Å². The highest BCUT2D eigenvalue weighted by atomic mass is 15.1. The third-order valence-corrected chi connectivity index (χ3v) is 2.34. The van der Waals surface area contributed by atoms with Crippen LogP contribution in [0.3, 0.4) is 0 Å². The molecule has 16 heavy (non-hydrogen) atoms. The molecule has 1 aliphatic rings. The molecule has 1 rings (SSSR count). The highest BCUT2D eigenvalue weighted by Gasteiger charge is 2.06. The normalized spacial score (nSPS) is 13.6. The molecule has 1 heteroatoms. The Morgan fingerprint density at radius 3 is 2.88 bits per heavy atom. The summed E-state index contributed by atoms with van der Waals surface area (Å²) >= 11 is 0. The van der Waals surface area contributed by atoms with E-state index in [9.17, 15) is 0 Å². The zero-order valence-corrected chi connectivity index (χ0v) is 9.74. The van der Waals surface area contributed by atoms with Crippen LogP contribution >= 0.6 is 0 Å². The van der Waals surface area contributed by atoms with Gasteiger partial charge in [0.15, 0.2) is 0 Å². The molecule has 0 spiro atoms. The van der Waals surface area contributed by atoms with Crippen LogP contribution in [0.5, 0.6) is 0 Å². The molecule has 0 saturated carbocycles. The number of hydrogen-bond donors (Lipinski definition) is 0. The predicted molar refractivity (Wildman–Crippen MR) is 69.7 cm³/mol. The largest absolute Gasteiger partial charge is 0.341 e. The van der Waals surface area contributed by atoms with Gasteiger partial charge in [0.2, 0.25) is 0 Å². The van der Waals surface area contributed by atoms with Crippen molar-refractivity contribution in [3.05, 3.63) is 72.5 Å². The zero-order valence-electron chi connectivity index (χ0n) is 9.74. The molecule has 0 radical (unpaired) electrons. The first-order valence-corrected chi connectivity index (χ1v) is 5.34. The minimum atomic E-state index is 0.953. The summed E-state index contributed by atoms with van der Waals surface area (Å²) in [5.41, 5.74) is 8.25. The lowest BCUT2D eigenvalue weighted by atomic mass is 10.2. The molecule has 1 nitrogen and oxygen atoms in total. The zero-order chi connectivity index (χ0) is 11.8. The van der Waals surface area contributed by atoms with E-state index in [4.69, 9.17) is 0 Å². The molecular formula is C15H17N. The molecule has 0 aromatic rings. The van der Waals surface area contributed by atoms with E-state index in [1.807, 2.05) is 43.5 Å². The molecule has 0 aliphatic heterocycles. The van der Waals surface area contributed by atoms with Crippen LogP contribution in [-0.4, -0.2) is 11.9 Å². The summed E-state index contributed by atoms with van der Waals surface area (Å²) < 4.78 is 0. The van der Waals surface area contributed by atoms with Crippen LogP contribution in [0, 0.1) is 0 Å². The average molecular weight is 211 g/mol. The van der Waals surface area contributed by atoms with Crippen molar-refractivity contribution in [2.45, 2.75) is 12.8 Å². The van der Waals surface area contributed by atoms with Crippen LogP contribution in [0.2, 0.25) is 0 Å². The molecule has 0 saturated heterocycles. The maximum absolute atomic E-state index is 3.74. The van der Waals surface area contributed by atoms with Crippen LogP contribution in [-0.2, 0) is 0 Å². The van der Waals surface area contributed by atoms with Gasteiger partial charge >= 0.3 is 0 Å². The fraction of sp³-hybridized carbons (Fsp3) is 0.200. The Bertz CT molecular complexity index is 422. The van der Waals surface area contributed by atoms with Crippen molar-refractivity contribution < 1.29 is 0 Å². The lowest BCUT2D eigenvalue weighted by molar-refractivity contribution is 0.511. The summed E-state index contributed by atoms with van der Waals surface area (Å²) in [6.45, 7) is 7.48. The van der Waals surface area contributed by atoms with E-state index in [2.05, 4.69) is 29.5 Å². The number of hydrogen-bond acceptors (Lipinski definition) is 1. The van der Waals surface area contributed by atoms with Crippen molar-refractivity contribution >= 4 is 0 Å². The second kappa shape index (κ2) is 6.53. The first-order valence-electron chi connectivity index (χ1n) is 5.34. The molecule has 82 valence electrons. The Morgan fingerprint density at radius 1 is 1.50 bits per heavy atom. The fourth-order valence-electron chi connectivity index (χ4n) is 1.44. The van der Waals surface area contributed by atoms with E-state index in [-0.39, 0.29) is 0 Å². The minimum absolute atomic E-state index is 0.953. The monoisotopic (exact) mass is 211 g/mol. The van der Waals surface area contributed by atoms with Gasteiger partial charge in [0, 0.05) is 12.7 Å². The Labute approximate surface area is 97.8 Å². The lowest BCUT2D eigenvalue weighted by Crippen LogP contribution is -2.15. The smallest absolute Gasteiger partial charge is 0.0922 e. The standard InChI is InChI=1S/C15H17N/c1-4-6-11-14(10-5-2)16(3)15-12-8-7-9-13-15/h4-5,7-8,10,12H,1-2,6,11H2,3H3/b14-10+. The Morgan fingerprint density at radius 2 is 2.31 bits per heavy atom.